The molecule has 2 aromatic carbocycles. The van der Waals surface area contributed by atoms with Crippen molar-refractivity contribution in [1.29, 1.82) is 0 Å². The first kappa shape index (κ1) is 25.3. The number of fused-ring (bicyclic) bond motifs is 1. The van der Waals surface area contributed by atoms with Crippen molar-refractivity contribution in [2.24, 2.45) is 0 Å². The highest BCUT2D eigenvalue weighted by atomic mass is 35.5. The Bertz CT molecular complexity index is 1390. The summed E-state index contributed by atoms with van der Waals surface area (Å²) in [6.45, 7) is 1.67. The molecule has 0 bridgehead atoms. The van der Waals surface area contributed by atoms with Crippen molar-refractivity contribution in [2.75, 3.05) is 36.5 Å². The van der Waals surface area contributed by atoms with Gasteiger partial charge in [0.25, 0.3) is 6.43 Å². The summed E-state index contributed by atoms with van der Waals surface area (Å²) in [6, 6.07) is 13.1. The Morgan fingerprint density at radius 3 is 2.62 bits per heavy atom. The molecule has 2 aromatic heterocycles. The lowest BCUT2D eigenvalue weighted by Crippen LogP contribution is -2.44. The molecule has 2 atom stereocenters. The number of benzene rings is 2. The number of pyridine rings is 2. The molecule has 2 N–H and O–H groups in total. The van der Waals surface area contributed by atoms with E-state index < -0.39 is 18.3 Å². The number of hydrogen-bond acceptors (Lipinski definition) is 6. The molecule has 0 radical (unpaired) electrons. The van der Waals surface area contributed by atoms with E-state index in [-0.39, 0.29) is 29.0 Å². The van der Waals surface area contributed by atoms with Gasteiger partial charge >= 0.3 is 0 Å². The molecule has 1 fully saturated rings. The topological polar surface area (TPSA) is 70.5 Å². The van der Waals surface area contributed by atoms with Crippen molar-refractivity contribution >= 4 is 34.0 Å². The Balaban J connectivity index is 1.48. The maximum atomic E-state index is 14.4. The molecule has 0 unspecified atom stereocenters. The van der Waals surface area contributed by atoms with Gasteiger partial charge in [-0.3, -0.25) is 4.98 Å². The lowest BCUT2D eigenvalue weighted by Gasteiger charge is -2.32. The number of aromatic nitrogens is 2. The molecule has 37 heavy (non-hydrogen) atoms. The van der Waals surface area contributed by atoms with E-state index in [1.807, 2.05) is 23.1 Å². The van der Waals surface area contributed by atoms with Crippen LogP contribution in [0.25, 0.3) is 22.0 Å². The number of morpholine rings is 1. The van der Waals surface area contributed by atoms with Crippen LogP contribution in [-0.4, -0.2) is 53.9 Å². The number of rotatable bonds is 7. The minimum absolute atomic E-state index is 0.0536. The van der Waals surface area contributed by atoms with Gasteiger partial charge in [-0.2, -0.15) is 0 Å². The van der Waals surface area contributed by atoms with E-state index in [1.54, 1.807) is 18.3 Å². The third-order valence-electron chi connectivity index (χ3n) is 6.36. The van der Waals surface area contributed by atoms with E-state index in [1.165, 1.54) is 24.4 Å². The van der Waals surface area contributed by atoms with Crippen LogP contribution in [0.2, 0.25) is 5.02 Å². The average molecular weight is 529 g/mol. The van der Waals surface area contributed by atoms with Crippen molar-refractivity contribution in [3.05, 3.63) is 83.4 Å². The molecule has 1 aliphatic rings. The molecule has 192 valence electrons. The van der Waals surface area contributed by atoms with Gasteiger partial charge in [0.1, 0.15) is 17.7 Å². The van der Waals surface area contributed by atoms with E-state index in [4.69, 9.17) is 16.3 Å². The number of nitrogens with one attached hydrogen (secondary N) is 1. The molecule has 0 saturated carbocycles. The zero-order chi connectivity index (χ0) is 25.9. The summed E-state index contributed by atoms with van der Waals surface area (Å²) in [5, 5.41) is 12.8. The van der Waals surface area contributed by atoms with E-state index >= 15 is 0 Å². The summed E-state index contributed by atoms with van der Waals surface area (Å²) >= 11 is 6.40. The normalized spacial score (nSPS) is 16.8. The summed E-state index contributed by atoms with van der Waals surface area (Å²) in [5.74, 6) is 0.0373. The quantitative estimate of drug-likeness (QED) is 0.320. The fraction of sp³-hybridized carbons (Fsp3) is 0.259. The molecular formula is C27H24ClF3N4O2. The Kier molecular flexibility index (Phi) is 7.45. The standard InChI is InChI=1S/C27H24ClF3N4O2/c28-21-13-32-23-7-5-16(17-6-8-24(33-12-17)35-9-10-37-18(14-35)15-36)11-20(23)25(21)34-26(27(30)31)19-3-1-2-4-22(19)29/h1-8,11-13,18,26-27,36H,9-10,14-15H2,(H,32,34)/t18-,26-/m0/s1. The highest BCUT2D eigenvalue weighted by Crippen LogP contribution is 2.37. The number of alkyl halides is 2. The summed E-state index contributed by atoms with van der Waals surface area (Å²) < 4.78 is 47.9. The lowest BCUT2D eigenvalue weighted by molar-refractivity contribution is 0.00336. The molecule has 0 amide bonds. The highest BCUT2D eigenvalue weighted by molar-refractivity contribution is 6.34. The van der Waals surface area contributed by atoms with Gasteiger partial charge < -0.3 is 20.1 Å². The molecule has 1 saturated heterocycles. The fourth-order valence-corrected chi connectivity index (χ4v) is 4.64. The van der Waals surface area contributed by atoms with Crippen LogP contribution in [0.3, 0.4) is 0 Å². The molecule has 1 aliphatic heterocycles. The third kappa shape index (κ3) is 5.34. The number of aliphatic hydroxyl groups excluding tert-OH is 1. The van der Waals surface area contributed by atoms with Crippen LogP contribution in [-0.2, 0) is 4.74 Å². The van der Waals surface area contributed by atoms with Gasteiger partial charge in [0.2, 0.25) is 0 Å². The van der Waals surface area contributed by atoms with Crippen LogP contribution in [0.5, 0.6) is 0 Å². The Morgan fingerprint density at radius 2 is 1.89 bits per heavy atom. The van der Waals surface area contributed by atoms with Crippen molar-refractivity contribution in [3.8, 4) is 11.1 Å². The molecule has 4 aromatic rings. The van der Waals surface area contributed by atoms with Crippen molar-refractivity contribution in [2.45, 2.75) is 18.6 Å². The molecule has 0 aliphatic carbocycles. The lowest BCUT2D eigenvalue weighted by atomic mass is 10.0. The number of halogens is 4. The zero-order valence-corrected chi connectivity index (χ0v) is 20.4. The fourth-order valence-electron chi connectivity index (χ4n) is 4.44. The van der Waals surface area contributed by atoms with Gasteiger partial charge in [-0.1, -0.05) is 35.9 Å². The number of anilines is 2. The first-order chi connectivity index (χ1) is 17.9. The SMILES string of the molecule is OC[C@@H]1CN(c2ccc(-c3ccc4ncc(Cl)c(N[C@@H](c5ccccc5F)C(F)F)c4c3)cn2)CCO1. The first-order valence-corrected chi connectivity index (χ1v) is 12.1. The number of aliphatic hydroxyl groups is 1. The van der Waals surface area contributed by atoms with Gasteiger partial charge in [0.05, 0.1) is 35.5 Å². The van der Waals surface area contributed by atoms with Crippen molar-refractivity contribution in [3.63, 3.8) is 0 Å². The van der Waals surface area contributed by atoms with E-state index in [2.05, 4.69) is 15.3 Å². The highest BCUT2D eigenvalue weighted by Gasteiger charge is 2.27. The van der Waals surface area contributed by atoms with Gasteiger partial charge in [0, 0.05) is 42.0 Å². The Morgan fingerprint density at radius 1 is 1.08 bits per heavy atom. The first-order valence-electron chi connectivity index (χ1n) is 11.8. The van der Waals surface area contributed by atoms with Crippen LogP contribution in [0, 0.1) is 5.82 Å². The number of ether oxygens (including phenoxy) is 1. The van der Waals surface area contributed by atoms with Crippen LogP contribution in [0.4, 0.5) is 24.7 Å². The monoisotopic (exact) mass is 528 g/mol. The maximum Gasteiger partial charge on any atom is 0.262 e. The molecule has 5 rings (SSSR count). The van der Waals surface area contributed by atoms with Crippen LogP contribution < -0.4 is 10.2 Å². The average Bonchev–Trinajstić information content (AvgIpc) is 2.93. The summed E-state index contributed by atoms with van der Waals surface area (Å²) in [4.78, 5) is 10.9. The molecule has 3 heterocycles. The molecule has 0 spiro atoms. The smallest absolute Gasteiger partial charge is 0.262 e. The largest absolute Gasteiger partial charge is 0.394 e. The Hall–Kier alpha value is -3.40. The minimum atomic E-state index is -2.89. The van der Waals surface area contributed by atoms with Gasteiger partial charge in [0.15, 0.2) is 0 Å². The molecular weight excluding hydrogens is 505 g/mol. The summed E-state index contributed by atoms with van der Waals surface area (Å²) in [6.07, 6.45) is -0.0255. The van der Waals surface area contributed by atoms with Crippen LogP contribution in [0.1, 0.15) is 11.6 Å². The van der Waals surface area contributed by atoms with Gasteiger partial charge in [-0.05, 0) is 35.9 Å². The summed E-state index contributed by atoms with van der Waals surface area (Å²) in [7, 11) is 0. The van der Waals surface area contributed by atoms with Gasteiger partial charge in [-0.25, -0.2) is 18.2 Å². The second-order valence-corrected chi connectivity index (χ2v) is 9.12. The van der Waals surface area contributed by atoms with Gasteiger partial charge in [-0.15, -0.1) is 0 Å². The van der Waals surface area contributed by atoms with Crippen molar-refractivity contribution < 1.29 is 23.0 Å². The Labute approximate surface area is 216 Å². The number of nitrogens with zero attached hydrogens (tertiary/aromatic N) is 3. The molecule has 6 nitrogen and oxygen atoms in total. The van der Waals surface area contributed by atoms with E-state index in [9.17, 15) is 18.3 Å². The van der Waals surface area contributed by atoms with Crippen LogP contribution in [0.15, 0.2) is 67.0 Å². The van der Waals surface area contributed by atoms with E-state index in [0.29, 0.717) is 30.6 Å². The predicted molar refractivity (Wildman–Crippen MR) is 138 cm³/mol. The second kappa shape index (κ2) is 10.9. The molecule has 10 heteroatoms. The predicted octanol–water partition coefficient (Wildman–Crippen LogP) is 5.71. The summed E-state index contributed by atoms with van der Waals surface area (Å²) in [5.41, 5.74) is 2.23. The minimum Gasteiger partial charge on any atom is -0.394 e. The van der Waals surface area contributed by atoms with Crippen molar-refractivity contribution in [1.82, 2.24) is 9.97 Å². The number of hydrogen-bond donors (Lipinski definition) is 2. The third-order valence-corrected chi connectivity index (χ3v) is 6.65. The zero-order valence-electron chi connectivity index (χ0n) is 19.6. The maximum absolute atomic E-state index is 14.4. The van der Waals surface area contributed by atoms with Crippen LogP contribution >= 0.6 is 11.6 Å². The second-order valence-electron chi connectivity index (χ2n) is 8.72. The van der Waals surface area contributed by atoms with E-state index in [0.717, 1.165) is 23.0 Å².